The summed E-state index contributed by atoms with van der Waals surface area (Å²) in [5.41, 5.74) is 1.59. The predicted octanol–water partition coefficient (Wildman–Crippen LogP) is 1.35. The van der Waals surface area contributed by atoms with Gasteiger partial charge in [-0.3, -0.25) is 4.79 Å². The van der Waals surface area contributed by atoms with Crippen molar-refractivity contribution in [2.75, 3.05) is 19.6 Å². The summed E-state index contributed by atoms with van der Waals surface area (Å²) in [6.45, 7) is 8.35. The van der Waals surface area contributed by atoms with Gasteiger partial charge in [-0.25, -0.2) is 0 Å². The van der Waals surface area contributed by atoms with E-state index in [-0.39, 0.29) is 5.91 Å². The van der Waals surface area contributed by atoms with E-state index in [9.17, 15) is 9.90 Å². The van der Waals surface area contributed by atoms with Crippen LogP contribution in [0.1, 0.15) is 46.5 Å². The van der Waals surface area contributed by atoms with Gasteiger partial charge >= 0.3 is 0 Å². The molecule has 1 saturated heterocycles. The Morgan fingerprint density at radius 3 is 2.32 bits per heavy atom. The summed E-state index contributed by atoms with van der Waals surface area (Å²) in [5.74, 6) is -0.0326. The fourth-order valence-electron chi connectivity index (χ4n) is 2.62. The van der Waals surface area contributed by atoms with Crippen molar-refractivity contribution in [1.29, 1.82) is 0 Å². The molecule has 1 amide bonds. The second kappa shape index (κ2) is 5.25. The van der Waals surface area contributed by atoms with Gasteiger partial charge in [0.05, 0.1) is 5.60 Å². The van der Waals surface area contributed by atoms with Gasteiger partial charge in [0, 0.05) is 25.2 Å². The highest BCUT2D eigenvalue weighted by atomic mass is 16.3. The van der Waals surface area contributed by atoms with Crippen molar-refractivity contribution in [3.63, 3.8) is 0 Å². The second-order valence-electron chi connectivity index (χ2n) is 6.90. The van der Waals surface area contributed by atoms with Crippen LogP contribution in [0, 0.1) is 5.41 Å². The lowest BCUT2D eigenvalue weighted by molar-refractivity contribution is -0.119. The van der Waals surface area contributed by atoms with E-state index in [1.807, 2.05) is 6.92 Å². The summed E-state index contributed by atoms with van der Waals surface area (Å²) in [5, 5.41) is 16.5. The number of rotatable bonds is 3. The molecule has 3 N–H and O–H groups in total. The molecule has 2 fully saturated rings. The topological polar surface area (TPSA) is 61.4 Å². The van der Waals surface area contributed by atoms with Gasteiger partial charge in [0.2, 0.25) is 5.91 Å². The Hall–Kier alpha value is -0.870. The Morgan fingerprint density at radius 1 is 1.26 bits per heavy atom. The minimum absolute atomic E-state index is 0.0326. The number of carbonyl (C=O) groups excluding carboxylic acids is 1. The number of aliphatic hydroxyl groups is 1. The molecule has 0 aromatic rings. The number of amides is 1. The zero-order valence-electron chi connectivity index (χ0n) is 12.3. The molecule has 19 heavy (non-hydrogen) atoms. The fourth-order valence-corrected chi connectivity index (χ4v) is 2.62. The van der Waals surface area contributed by atoms with Crippen molar-refractivity contribution in [2.24, 2.45) is 5.41 Å². The van der Waals surface area contributed by atoms with Crippen LogP contribution in [0.25, 0.3) is 0 Å². The third-order valence-corrected chi connectivity index (χ3v) is 4.66. The average Bonchev–Trinajstić information content (AvgIpc) is 2.28. The Bertz CT molecular complexity index is 383. The first-order valence-corrected chi connectivity index (χ1v) is 7.21. The normalized spacial score (nSPS) is 24.5. The van der Waals surface area contributed by atoms with Crippen LogP contribution in [0.4, 0.5) is 0 Å². The highest BCUT2D eigenvalue weighted by Gasteiger charge is 2.36. The molecule has 0 radical (unpaired) electrons. The van der Waals surface area contributed by atoms with Gasteiger partial charge in [0.25, 0.3) is 0 Å². The van der Waals surface area contributed by atoms with E-state index in [1.54, 1.807) is 0 Å². The molecule has 1 heterocycles. The highest BCUT2D eigenvalue weighted by molar-refractivity contribution is 5.94. The van der Waals surface area contributed by atoms with Gasteiger partial charge in [-0.05, 0) is 43.6 Å². The Kier molecular flexibility index (Phi) is 4.02. The minimum atomic E-state index is -0.714. The lowest BCUT2D eigenvalue weighted by Crippen LogP contribution is -2.47. The molecule has 0 atom stereocenters. The van der Waals surface area contributed by atoms with E-state index in [4.69, 9.17) is 0 Å². The first-order chi connectivity index (χ1) is 8.81. The SMILES string of the molecule is CC(C(=O)NCC1(O)CCC(C)(C)CC1)=C1CNC1. The van der Waals surface area contributed by atoms with E-state index < -0.39 is 5.60 Å². The highest BCUT2D eigenvalue weighted by Crippen LogP contribution is 2.39. The summed E-state index contributed by atoms with van der Waals surface area (Å²) in [6, 6.07) is 0. The molecule has 4 heteroatoms. The molecule has 4 nitrogen and oxygen atoms in total. The lowest BCUT2D eigenvalue weighted by atomic mass is 9.71. The van der Waals surface area contributed by atoms with Crippen molar-refractivity contribution < 1.29 is 9.90 Å². The predicted molar refractivity (Wildman–Crippen MR) is 75.8 cm³/mol. The Balaban J connectivity index is 1.83. The van der Waals surface area contributed by atoms with Crippen LogP contribution in [-0.2, 0) is 4.79 Å². The monoisotopic (exact) mass is 266 g/mol. The zero-order valence-corrected chi connectivity index (χ0v) is 12.3. The number of hydrogen-bond acceptors (Lipinski definition) is 3. The van der Waals surface area contributed by atoms with Crippen LogP contribution in [0.3, 0.4) is 0 Å². The first kappa shape index (κ1) is 14.5. The third-order valence-electron chi connectivity index (χ3n) is 4.66. The van der Waals surface area contributed by atoms with Crippen LogP contribution in [0.5, 0.6) is 0 Å². The van der Waals surface area contributed by atoms with Gasteiger partial charge in [0.15, 0.2) is 0 Å². The van der Waals surface area contributed by atoms with Crippen LogP contribution in [0.15, 0.2) is 11.1 Å². The molecule has 108 valence electrons. The molecule has 2 rings (SSSR count). The summed E-state index contributed by atoms with van der Waals surface area (Å²) in [4.78, 5) is 12.0. The van der Waals surface area contributed by atoms with Crippen molar-refractivity contribution in [3.8, 4) is 0 Å². The largest absolute Gasteiger partial charge is 0.388 e. The van der Waals surface area contributed by atoms with Crippen molar-refractivity contribution >= 4 is 5.91 Å². The molecule has 1 aliphatic carbocycles. The van der Waals surface area contributed by atoms with Gasteiger partial charge in [-0.15, -0.1) is 0 Å². The summed E-state index contributed by atoms with van der Waals surface area (Å²) < 4.78 is 0. The average molecular weight is 266 g/mol. The van der Waals surface area contributed by atoms with E-state index in [2.05, 4.69) is 24.5 Å². The maximum Gasteiger partial charge on any atom is 0.247 e. The van der Waals surface area contributed by atoms with E-state index >= 15 is 0 Å². The zero-order chi connectivity index (χ0) is 14.1. The molecule has 0 aromatic carbocycles. The molecular weight excluding hydrogens is 240 g/mol. The summed E-state index contributed by atoms with van der Waals surface area (Å²) >= 11 is 0. The molecule has 2 aliphatic rings. The number of carbonyl (C=O) groups is 1. The molecule has 0 bridgehead atoms. The summed E-state index contributed by atoms with van der Waals surface area (Å²) in [7, 11) is 0. The van der Waals surface area contributed by atoms with Crippen molar-refractivity contribution in [3.05, 3.63) is 11.1 Å². The first-order valence-electron chi connectivity index (χ1n) is 7.21. The molecule has 1 saturated carbocycles. The quantitative estimate of drug-likeness (QED) is 0.676. The standard InChI is InChI=1S/C15H26N2O2/c1-11(12-8-16-9-12)13(18)17-10-15(19)6-4-14(2,3)5-7-15/h16,19H,4-10H2,1-3H3,(H,17,18). The number of nitrogens with one attached hydrogen (secondary N) is 2. The van der Waals surface area contributed by atoms with E-state index in [1.165, 1.54) is 5.57 Å². The summed E-state index contributed by atoms with van der Waals surface area (Å²) in [6.07, 6.45) is 3.58. The van der Waals surface area contributed by atoms with Crippen molar-refractivity contribution in [1.82, 2.24) is 10.6 Å². The maximum atomic E-state index is 12.0. The Morgan fingerprint density at radius 2 is 1.84 bits per heavy atom. The van der Waals surface area contributed by atoms with Crippen molar-refractivity contribution in [2.45, 2.75) is 52.1 Å². The molecule has 1 aliphatic heterocycles. The smallest absolute Gasteiger partial charge is 0.247 e. The minimum Gasteiger partial charge on any atom is -0.388 e. The van der Waals surface area contributed by atoms with E-state index in [0.29, 0.717) is 12.0 Å². The Labute approximate surface area is 115 Å². The van der Waals surface area contributed by atoms with Gasteiger partial charge < -0.3 is 15.7 Å². The second-order valence-corrected chi connectivity index (χ2v) is 6.90. The van der Waals surface area contributed by atoms with Crippen LogP contribution in [0.2, 0.25) is 0 Å². The molecule has 0 spiro atoms. The van der Waals surface area contributed by atoms with E-state index in [0.717, 1.165) is 44.3 Å². The lowest BCUT2D eigenvalue weighted by Gasteiger charge is -2.40. The van der Waals surface area contributed by atoms with Gasteiger partial charge in [-0.1, -0.05) is 13.8 Å². The fraction of sp³-hybridized carbons (Fsp3) is 0.800. The molecule has 0 aromatic heterocycles. The van der Waals surface area contributed by atoms with Crippen LogP contribution < -0.4 is 10.6 Å². The molecule has 0 unspecified atom stereocenters. The van der Waals surface area contributed by atoms with Gasteiger partial charge in [0.1, 0.15) is 0 Å². The number of hydrogen-bond donors (Lipinski definition) is 3. The van der Waals surface area contributed by atoms with Crippen LogP contribution in [-0.4, -0.2) is 36.2 Å². The third kappa shape index (κ3) is 3.57. The van der Waals surface area contributed by atoms with Gasteiger partial charge in [-0.2, -0.15) is 0 Å². The maximum absolute atomic E-state index is 12.0. The van der Waals surface area contributed by atoms with Crippen LogP contribution >= 0.6 is 0 Å². The molecular formula is C15H26N2O2.